The van der Waals surface area contributed by atoms with E-state index in [2.05, 4.69) is 44.5 Å². The molecule has 0 aliphatic carbocycles. The second-order valence-electron chi connectivity index (χ2n) is 4.97. The van der Waals surface area contributed by atoms with E-state index in [-0.39, 0.29) is 5.82 Å². The highest BCUT2D eigenvalue weighted by atomic mass is 127. The van der Waals surface area contributed by atoms with Gasteiger partial charge in [-0.3, -0.25) is 9.97 Å². The number of nitrogens with one attached hydrogen (secondary N) is 1. The van der Waals surface area contributed by atoms with Gasteiger partial charge in [-0.1, -0.05) is 24.3 Å². The van der Waals surface area contributed by atoms with E-state index in [0.717, 1.165) is 20.5 Å². The van der Waals surface area contributed by atoms with Crippen molar-refractivity contribution < 1.29 is 4.39 Å². The molecule has 0 saturated heterocycles. The zero-order chi connectivity index (χ0) is 17.1. The standard InChI is InChI=1S/C18H12ClFIN3/c1-2-11-9-23-18(13-7-12(19)3-4-14(13)20)8-17(11)24-16-5-6-22-10-15(16)21/h2-10H,1H2,(H,22,23,24). The van der Waals surface area contributed by atoms with E-state index in [9.17, 15) is 4.39 Å². The molecule has 0 fully saturated rings. The highest BCUT2D eigenvalue weighted by Crippen LogP contribution is 2.30. The monoisotopic (exact) mass is 451 g/mol. The molecule has 24 heavy (non-hydrogen) atoms. The number of halogens is 3. The molecule has 0 radical (unpaired) electrons. The van der Waals surface area contributed by atoms with Gasteiger partial charge in [0.1, 0.15) is 5.82 Å². The van der Waals surface area contributed by atoms with E-state index in [4.69, 9.17) is 11.6 Å². The van der Waals surface area contributed by atoms with Crippen molar-refractivity contribution in [2.24, 2.45) is 0 Å². The van der Waals surface area contributed by atoms with Gasteiger partial charge in [0.2, 0.25) is 0 Å². The maximum Gasteiger partial charge on any atom is 0.132 e. The first-order chi connectivity index (χ1) is 11.6. The summed E-state index contributed by atoms with van der Waals surface area (Å²) in [5, 5.41) is 3.78. The van der Waals surface area contributed by atoms with Crippen molar-refractivity contribution in [3.05, 3.63) is 75.5 Å². The molecule has 6 heteroatoms. The lowest BCUT2D eigenvalue weighted by Crippen LogP contribution is -1.98. The van der Waals surface area contributed by atoms with Crippen LogP contribution in [0.4, 0.5) is 15.8 Å². The van der Waals surface area contributed by atoms with Crippen molar-refractivity contribution in [2.45, 2.75) is 0 Å². The van der Waals surface area contributed by atoms with Crippen molar-refractivity contribution in [1.82, 2.24) is 9.97 Å². The molecule has 0 bridgehead atoms. The van der Waals surface area contributed by atoms with Gasteiger partial charge >= 0.3 is 0 Å². The van der Waals surface area contributed by atoms with Crippen LogP contribution in [0.15, 0.2) is 55.5 Å². The van der Waals surface area contributed by atoms with Crippen LogP contribution in [0.3, 0.4) is 0 Å². The Morgan fingerprint density at radius 1 is 1.17 bits per heavy atom. The van der Waals surface area contributed by atoms with E-state index in [0.29, 0.717) is 16.3 Å². The molecule has 1 N–H and O–H groups in total. The van der Waals surface area contributed by atoms with Crippen molar-refractivity contribution in [3.63, 3.8) is 0 Å². The quantitative estimate of drug-likeness (QED) is 0.500. The van der Waals surface area contributed by atoms with Crippen LogP contribution >= 0.6 is 34.2 Å². The lowest BCUT2D eigenvalue weighted by atomic mass is 10.1. The second-order valence-corrected chi connectivity index (χ2v) is 6.56. The summed E-state index contributed by atoms with van der Waals surface area (Å²) in [6.45, 7) is 3.80. The highest BCUT2D eigenvalue weighted by molar-refractivity contribution is 14.1. The first-order valence-corrected chi connectivity index (χ1v) is 8.48. The zero-order valence-electron chi connectivity index (χ0n) is 12.4. The molecular weight excluding hydrogens is 440 g/mol. The van der Waals surface area contributed by atoms with Crippen LogP contribution in [0.2, 0.25) is 5.02 Å². The molecule has 2 heterocycles. The van der Waals surface area contributed by atoms with Gasteiger partial charge in [-0.15, -0.1) is 0 Å². The molecule has 2 aromatic heterocycles. The van der Waals surface area contributed by atoms with Crippen LogP contribution in [-0.2, 0) is 0 Å². The number of hydrogen-bond acceptors (Lipinski definition) is 3. The third-order valence-corrected chi connectivity index (χ3v) is 4.50. The topological polar surface area (TPSA) is 37.8 Å². The molecule has 3 nitrogen and oxygen atoms in total. The van der Waals surface area contributed by atoms with Gasteiger partial charge < -0.3 is 5.32 Å². The number of rotatable bonds is 4. The van der Waals surface area contributed by atoms with Crippen LogP contribution < -0.4 is 5.32 Å². The second kappa shape index (κ2) is 7.27. The summed E-state index contributed by atoms with van der Waals surface area (Å²) in [5.41, 5.74) is 3.34. The van der Waals surface area contributed by atoms with Gasteiger partial charge in [0, 0.05) is 40.4 Å². The highest BCUT2D eigenvalue weighted by Gasteiger charge is 2.11. The third-order valence-electron chi connectivity index (χ3n) is 3.40. The van der Waals surface area contributed by atoms with Crippen LogP contribution in [0, 0.1) is 9.39 Å². The van der Waals surface area contributed by atoms with Crippen LogP contribution in [0.5, 0.6) is 0 Å². The minimum absolute atomic E-state index is 0.352. The first-order valence-electron chi connectivity index (χ1n) is 7.03. The summed E-state index contributed by atoms with van der Waals surface area (Å²) in [7, 11) is 0. The molecule has 3 aromatic rings. The molecule has 1 aromatic carbocycles. The Kier molecular flexibility index (Phi) is 5.11. The Labute approximate surface area is 157 Å². The van der Waals surface area contributed by atoms with Gasteiger partial charge in [-0.2, -0.15) is 0 Å². The van der Waals surface area contributed by atoms with E-state index in [1.807, 2.05) is 6.07 Å². The number of hydrogen-bond donors (Lipinski definition) is 1. The van der Waals surface area contributed by atoms with Crippen molar-refractivity contribution in [3.8, 4) is 11.3 Å². The van der Waals surface area contributed by atoms with E-state index < -0.39 is 0 Å². The average molecular weight is 452 g/mol. The Bertz CT molecular complexity index is 915. The summed E-state index contributed by atoms with van der Waals surface area (Å²) in [6.07, 6.45) is 6.81. The van der Waals surface area contributed by atoms with Gasteiger partial charge in [0.05, 0.1) is 15.0 Å². The zero-order valence-corrected chi connectivity index (χ0v) is 15.3. The van der Waals surface area contributed by atoms with Gasteiger partial charge in [-0.05, 0) is 52.9 Å². The van der Waals surface area contributed by atoms with Crippen molar-refractivity contribution in [1.29, 1.82) is 0 Å². The summed E-state index contributed by atoms with van der Waals surface area (Å²) in [5.74, 6) is -0.373. The number of benzene rings is 1. The van der Waals surface area contributed by atoms with Gasteiger partial charge in [0.25, 0.3) is 0 Å². The normalized spacial score (nSPS) is 10.5. The predicted molar refractivity (Wildman–Crippen MR) is 105 cm³/mol. The fourth-order valence-corrected chi connectivity index (χ4v) is 2.85. The van der Waals surface area contributed by atoms with Crippen LogP contribution in [0.25, 0.3) is 17.3 Å². The molecule has 0 unspecified atom stereocenters. The SMILES string of the molecule is C=Cc1cnc(-c2cc(Cl)ccc2F)cc1Nc1ccncc1I. The predicted octanol–water partition coefficient (Wildman–Crippen LogP) is 5.93. The molecule has 120 valence electrons. The lowest BCUT2D eigenvalue weighted by molar-refractivity contribution is 0.631. The van der Waals surface area contributed by atoms with E-state index in [1.54, 1.807) is 36.8 Å². The Morgan fingerprint density at radius 2 is 2.00 bits per heavy atom. The van der Waals surface area contributed by atoms with Crippen molar-refractivity contribution >= 4 is 51.6 Å². The number of aromatic nitrogens is 2. The van der Waals surface area contributed by atoms with Crippen LogP contribution in [-0.4, -0.2) is 9.97 Å². The smallest absolute Gasteiger partial charge is 0.132 e. The van der Waals surface area contributed by atoms with Gasteiger partial charge in [0.15, 0.2) is 0 Å². The minimum atomic E-state index is -0.373. The minimum Gasteiger partial charge on any atom is -0.354 e. The molecule has 0 spiro atoms. The molecule has 0 amide bonds. The van der Waals surface area contributed by atoms with Crippen LogP contribution in [0.1, 0.15) is 5.56 Å². The van der Waals surface area contributed by atoms with Crippen molar-refractivity contribution in [2.75, 3.05) is 5.32 Å². The lowest BCUT2D eigenvalue weighted by Gasteiger charge is -2.13. The summed E-state index contributed by atoms with van der Waals surface area (Å²) < 4.78 is 15.1. The Hall–Kier alpha value is -1.99. The number of pyridine rings is 2. The summed E-state index contributed by atoms with van der Waals surface area (Å²) in [6, 6.07) is 8.06. The first kappa shape index (κ1) is 16.9. The maximum atomic E-state index is 14.1. The third kappa shape index (κ3) is 3.57. The Morgan fingerprint density at radius 3 is 2.75 bits per heavy atom. The Balaban J connectivity index is 2.07. The number of nitrogens with zero attached hydrogens (tertiary/aromatic N) is 2. The van der Waals surface area contributed by atoms with Gasteiger partial charge in [-0.25, -0.2) is 4.39 Å². The maximum absolute atomic E-state index is 14.1. The molecule has 0 aliphatic rings. The molecule has 0 saturated carbocycles. The molecule has 0 aliphatic heterocycles. The largest absolute Gasteiger partial charge is 0.354 e. The fraction of sp³-hybridized carbons (Fsp3) is 0. The molecule has 0 atom stereocenters. The summed E-state index contributed by atoms with van der Waals surface area (Å²) >= 11 is 8.18. The average Bonchev–Trinajstić information content (AvgIpc) is 2.59. The van der Waals surface area contributed by atoms with E-state index >= 15 is 0 Å². The number of anilines is 2. The molecular formula is C18H12ClFIN3. The fourth-order valence-electron chi connectivity index (χ4n) is 2.20. The molecule has 3 rings (SSSR count). The van der Waals surface area contributed by atoms with E-state index in [1.165, 1.54) is 12.1 Å². The summed E-state index contributed by atoms with van der Waals surface area (Å²) in [4.78, 5) is 8.39.